The molecule has 13 rings (SSSR count). The molecule has 0 atom stereocenters. The molecular formula is C60H38N2OS. The number of rotatable bonds is 7. The van der Waals surface area contributed by atoms with E-state index in [4.69, 9.17) is 4.74 Å². The Morgan fingerprint density at radius 1 is 0.375 bits per heavy atom. The third-order valence-electron chi connectivity index (χ3n) is 12.8. The van der Waals surface area contributed by atoms with Crippen molar-refractivity contribution in [2.24, 2.45) is 0 Å². The summed E-state index contributed by atoms with van der Waals surface area (Å²) >= 11 is 1.86. The van der Waals surface area contributed by atoms with Crippen LogP contribution in [0.1, 0.15) is 0 Å². The predicted octanol–water partition coefficient (Wildman–Crippen LogP) is 17.4. The fourth-order valence-electron chi connectivity index (χ4n) is 9.87. The molecule has 2 aromatic heterocycles. The Morgan fingerprint density at radius 2 is 1.02 bits per heavy atom. The van der Waals surface area contributed by atoms with Crippen LogP contribution in [0.25, 0.3) is 92.2 Å². The van der Waals surface area contributed by atoms with Crippen molar-refractivity contribution < 1.29 is 4.74 Å². The van der Waals surface area contributed by atoms with Gasteiger partial charge in [-0.15, -0.1) is 11.3 Å². The number of anilines is 3. The van der Waals surface area contributed by atoms with Crippen molar-refractivity contribution >= 4 is 70.4 Å². The highest BCUT2D eigenvalue weighted by Gasteiger charge is 2.25. The molecule has 0 bridgehead atoms. The summed E-state index contributed by atoms with van der Waals surface area (Å²) in [5, 5.41) is 4.92. The number of fused-ring (bicyclic) bond motifs is 8. The number of ether oxygens (including phenoxy) is 1. The maximum absolute atomic E-state index is 6.46. The summed E-state index contributed by atoms with van der Waals surface area (Å²) in [4.78, 5) is 2.47. The molecular weight excluding hydrogens is 797 g/mol. The smallest absolute Gasteiger partial charge is 0.152 e. The highest BCUT2D eigenvalue weighted by Crippen LogP contribution is 2.50. The summed E-state index contributed by atoms with van der Waals surface area (Å²) in [5.74, 6) is 1.75. The van der Waals surface area contributed by atoms with E-state index >= 15 is 0 Å². The van der Waals surface area contributed by atoms with Crippen molar-refractivity contribution in [2.75, 3.05) is 4.90 Å². The van der Waals surface area contributed by atoms with E-state index < -0.39 is 0 Å². The molecule has 0 unspecified atom stereocenters. The maximum atomic E-state index is 6.46. The van der Waals surface area contributed by atoms with Gasteiger partial charge in [-0.05, 0) is 106 Å². The molecule has 0 amide bonds. The van der Waals surface area contributed by atoms with Gasteiger partial charge < -0.3 is 14.2 Å². The first-order valence-electron chi connectivity index (χ1n) is 21.7. The lowest BCUT2D eigenvalue weighted by Crippen LogP contribution is -2.11. The molecule has 0 radical (unpaired) electrons. The van der Waals surface area contributed by atoms with E-state index in [0.717, 1.165) is 62.0 Å². The van der Waals surface area contributed by atoms with Gasteiger partial charge in [-0.1, -0.05) is 164 Å². The number of hydrogen-bond donors (Lipinski definition) is 0. The van der Waals surface area contributed by atoms with Gasteiger partial charge in [0, 0.05) is 37.5 Å². The lowest BCUT2D eigenvalue weighted by molar-refractivity contribution is 0.476. The van der Waals surface area contributed by atoms with Gasteiger partial charge in [-0.2, -0.15) is 0 Å². The average Bonchev–Trinajstić information content (AvgIpc) is 3.92. The first-order chi connectivity index (χ1) is 31.7. The predicted molar refractivity (Wildman–Crippen MR) is 270 cm³/mol. The molecule has 0 saturated carbocycles. The third kappa shape index (κ3) is 5.81. The number of aromatic nitrogens is 1. The van der Waals surface area contributed by atoms with Crippen molar-refractivity contribution in [3.63, 3.8) is 0 Å². The fraction of sp³-hybridized carbons (Fsp3) is 0. The van der Waals surface area contributed by atoms with Crippen molar-refractivity contribution in [1.29, 1.82) is 0 Å². The molecule has 0 N–H and O–H groups in total. The highest BCUT2D eigenvalue weighted by atomic mass is 32.1. The molecule has 4 heteroatoms. The van der Waals surface area contributed by atoms with Crippen LogP contribution < -0.4 is 9.64 Å². The second-order valence-electron chi connectivity index (χ2n) is 16.4. The molecule has 0 spiro atoms. The number of hydrogen-bond acceptors (Lipinski definition) is 3. The molecule has 3 heterocycles. The van der Waals surface area contributed by atoms with Crippen LogP contribution in [-0.2, 0) is 0 Å². The van der Waals surface area contributed by atoms with Crippen LogP contribution >= 0.6 is 11.3 Å². The monoisotopic (exact) mass is 834 g/mol. The normalized spacial score (nSPS) is 11.9. The van der Waals surface area contributed by atoms with Gasteiger partial charge in [0.2, 0.25) is 0 Å². The number of para-hydroxylation sites is 4. The number of benzene rings is 10. The van der Waals surface area contributed by atoms with Gasteiger partial charge in [0.15, 0.2) is 11.5 Å². The van der Waals surface area contributed by atoms with Crippen LogP contribution in [0.5, 0.6) is 11.5 Å². The molecule has 3 nitrogen and oxygen atoms in total. The van der Waals surface area contributed by atoms with E-state index in [1.54, 1.807) is 0 Å². The van der Waals surface area contributed by atoms with Crippen LogP contribution in [0.15, 0.2) is 231 Å². The largest absolute Gasteiger partial charge is 0.453 e. The van der Waals surface area contributed by atoms with Gasteiger partial charge >= 0.3 is 0 Å². The summed E-state index contributed by atoms with van der Waals surface area (Å²) in [6.45, 7) is 0. The maximum Gasteiger partial charge on any atom is 0.152 e. The van der Waals surface area contributed by atoms with E-state index in [9.17, 15) is 0 Å². The molecule has 1 aliphatic rings. The van der Waals surface area contributed by atoms with Gasteiger partial charge in [-0.3, -0.25) is 0 Å². The third-order valence-corrected chi connectivity index (χ3v) is 14.0. The van der Waals surface area contributed by atoms with Crippen LogP contribution in [0.4, 0.5) is 17.1 Å². The second kappa shape index (κ2) is 14.7. The van der Waals surface area contributed by atoms with E-state index in [-0.39, 0.29) is 0 Å². The molecule has 0 fully saturated rings. The minimum atomic E-state index is 0.868. The molecule has 300 valence electrons. The van der Waals surface area contributed by atoms with Crippen LogP contribution in [0.2, 0.25) is 0 Å². The first kappa shape index (κ1) is 36.5. The van der Waals surface area contributed by atoms with Gasteiger partial charge in [0.05, 0.1) is 32.8 Å². The molecule has 0 saturated heterocycles. The zero-order chi connectivity index (χ0) is 42.1. The number of thiophene rings is 1. The fourth-order valence-corrected chi connectivity index (χ4v) is 11.1. The van der Waals surface area contributed by atoms with Gasteiger partial charge in [0.25, 0.3) is 0 Å². The van der Waals surface area contributed by atoms with E-state index in [1.807, 2.05) is 17.4 Å². The Kier molecular flexibility index (Phi) is 8.40. The highest BCUT2D eigenvalue weighted by molar-refractivity contribution is 7.26. The lowest BCUT2D eigenvalue weighted by Gasteiger charge is -2.28. The second-order valence-corrected chi connectivity index (χ2v) is 17.5. The Hall–Kier alpha value is -8.18. The van der Waals surface area contributed by atoms with Gasteiger partial charge in [-0.25, -0.2) is 0 Å². The minimum absolute atomic E-state index is 0.868. The van der Waals surface area contributed by atoms with Crippen molar-refractivity contribution in [1.82, 2.24) is 4.57 Å². The standard InChI is InChI=1S/C60H38N2OS/c1-3-15-40(16-4-1)45-35-31-42(37-50(45)41-17-5-2-6-18-41)39-29-33-44(34-30-39)61(55-25-13-22-49-47-20-8-12-28-58(47)64-60(49)55)52-23-9-7-19-46(52)43-32-36-53-51(38-43)48-21-14-27-57-59(48)62(53)54-24-10-11-26-56(54)63-57/h1-38H. The van der Waals surface area contributed by atoms with Crippen LogP contribution in [0.3, 0.4) is 0 Å². The molecule has 12 aromatic rings. The van der Waals surface area contributed by atoms with E-state index in [1.165, 1.54) is 58.8 Å². The Labute approximate surface area is 374 Å². The number of nitrogens with zero attached hydrogens (tertiary/aromatic N) is 2. The Bertz CT molecular complexity index is 3750. The first-order valence-corrected chi connectivity index (χ1v) is 22.6. The lowest BCUT2D eigenvalue weighted by atomic mass is 9.91. The van der Waals surface area contributed by atoms with Crippen molar-refractivity contribution in [2.45, 2.75) is 0 Å². The Morgan fingerprint density at radius 3 is 1.88 bits per heavy atom. The SMILES string of the molecule is c1ccc(-c2ccc(-c3ccc(N(c4ccccc4-c4ccc5c(c4)c4cccc6c4n5-c4ccccc4O6)c4cccc5c4sc4ccccc45)cc3)cc2-c2ccccc2)cc1. The molecule has 0 aliphatic carbocycles. The quantitative estimate of drug-likeness (QED) is 0.159. The van der Waals surface area contributed by atoms with Crippen LogP contribution in [0, 0.1) is 0 Å². The summed E-state index contributed by atoms with van der Waals surface area (Å²) < 4.78 is 11.4. The van der Waals surface area contributed by atoms with Crippen molar-refractivity contribution in [3.8, 4) is 61.7 Å². The summed E-state index contributed by atoms with van der Waals surface area (Å²) in [7, 11) is 0. The molecule has 10 aromatic carbocycles. The average molecular weight is 835 g/mol. The van der Waals surface area contributed by atoms with Crippen LogP contribution in [-0.4, -0.2) is 4.57 Å². The van der Waals surface area contributed by atoms with E-state index in [0.29, 0.717) is 0 Å². The van der Waals surface area contributed by atoms with Gasteiger partial charge in [0.1, 0.15) is 0 Å². The summed E-state index contributed by atoms with van der Waals surface area (Å²) in [6.07, 6.45) is 0. The summed E-state index contributed by atoms with van der Waals surface area (Å²) in [5.41, 5.74) is 16.2. The topological polar surface area (TPSA) is 17.4 Å². The Balaban J connectivity index is 0.982. The van der Waals surface area contributed by atoms with E-state index in [2.05, 4.69) is 234 Å². The minimum Gasteiger partial charge on any atom is -0.453 e. The summed E-state index contributed by atoms with van der Waals surface area (Å²) in [6, 6.07) is 83.5. The zero-order valence-corrected chi connectivity index (χ0v) is 35.5. The zero-order valence-electron chi connectivity index (χ0n) is 34.7. The molecule has 64 heavy (non-hydrogen) atoms. The molecule has 1 aliphatic heterocycles. The van der Waals surface area contributed by atoms with Crippen molar-refractivity contribution in [3.05, 3.63) is 231 Å².